The summed E-state index contributed by atoms with van der Waals surface area (Å²) in [6.07, 6.45) is 10.4. The molecule has 4 saturated carbocycles. The SMILES string of the molecule is CNC(CC12CC3CC(CC(C3)C1)C2)c1cc(C)c(Cl)s1. The topological polar surface area (TPSA) is 12.0 Å². The molecule has 1 aromatic heterocycles. The number of hydrogen-bond donors (Lipinski definition) is 1. The zero-order chi connectivity index (χ0) is 14.6. The molecule has 0 amide bonds. The second-order valence-corrected chi connectivity index (χ2v) is 9.75. The maximum atomic E-state index is 6.30. The molecule has 0 aliphatic heterocycles. The molecule has 5 rings (SSSR count). The van der Waals surface area contributed by atoms with Crippen molar-refractivity contribution >= 4 is 22.9 Å². The number of nitrogens with one attached hydrogen (secondary N) is 1. The molecule has 1 atom stereocenters. The third kappa shape index (κ3) is 2.58. The van der Waals surface area contributed by atoms with Crippen LogP contribution in [-0.4, -0.2) is 7.05 Å². The monoisotopic (exact) mass is 323 g/mol. The van der Waals surface area contributed by atoms with E-state index < -0.39 is 0 Å². The van der Waals surface area contributed by atoms with Crippen LogP contribution in [-0.2, 0) is 0 Å². The Hall–Kier alpha value is -0.0500. The summed E-state index contributed by atoms with van der Waals surface area (Å²) < 4.78 is 0.968. The van der Waals surface area contributed by atoms with Gasteiger partial charge in [0.25, 0.3) is 0 Å². The Morgan fingerprint density at radius 1 is 1.24 bits per heavy atom. The normalized spacial score (nSPS) is 38.9. The van der Waals surface area contributed by atoms with Crippen LogP contribution in [0.5, 0.6) is 0 Å². The first kappa shape index (κ1) is 14.5. The molecule has 0 spiro atoms. The fourth-order valence-corrected chi connectivity index (χ4v) is 7.30. The van der Waals surface area contributed by atoms with Gasteiger partial charge in [0.15, 0.2) is 0 Å². The van der Waals surface area contributed by atoms with E-state index in [9.17, 15) is 0 Å². The lowest BCUT2D eigenvalue weighted by molar-refractivity contribution is -0.0618. The van der Waals surface area contributed by atoms with Crippen molar-refractivity contribution in [3.05, 3.63) is 20.8 Å². The molecule has 3 heteroatoms. The quantitative estimate of drug-likeness (QED) is 0.763. The molecule has 1 heterocycles. The minimum atomic E-state index is 0.498. The van der Waals surface area contributed by atoms with E-state index >= 15 is 0 Å². The van der Waals surface area contributed by atoms with E-state index in [0.29, 0.717) is 11.5 Å². The highest BCUT2D eigenvalue weighted by atomic mass is 35.5. The minimum absolute atomic E-state index is 0.498. The lowest BCUT2D eigenvalue weighted by Crippen LogP contribution is -2.47. The summed E-state index contributed by atoms with van der Waals surface area (Å²) in [6, 6.07) is 2.80. The fraction of sp³-hybridized carbons (Fsp3) is 0.778. The van der Waals surface area contributed by atoms with Crippen molar-refractivity contribution in [2.45, 2.75) is 57.9 Å². The molecular weight excluding hydrogens is 298 g/mol. The molecule has 4 aliphatic carbocycles. The second-order valence-electron chi connectivity index (χ2n) is 8.07. The van der Waals surface area contributed by atoms with Gasteiger partial charge in [-0.15, -0.1) is 11.3 Å². The van der Waals surface area contributed by atoms with Gasteiger partial charge in [0.05, 0.1) is 4.34 Å². The highest BCUT2D eigenvalue weighted by Gasteiger charge is 2.51. The summed E-state index contributed by atoms with van der Waals surface area (Å²) in [5.41, 5.74) is 1.87. The molecule has 1 unspecified atom stereocenters. The number of hydrogen-bond acceptors (Lipinski definition) is 2. The highest BCUT2D eigenvalue weighted by molar-refractivity contribution is 7.16. The zero-order valence-electron chi connectivity index (χ0n) is 13.1. The molecule has 4 aliphatic rings. The van der Waals surface area contributed by atoms with Crippen LogP contribution in [0, 0.1) is 30.1 Å². The lowest BCUT2D eigenvalue weighted by Gasteiger charge is -2.57. The third-order valence-corrected chi connectivity index (χ3v) is 8.04. The van der Waals surface area contributed by atoms with Gasteiger partial charge in [-0.2, -0.15) is 0 Å². The predicted molar refractivity (Wildman–Crippen MR) is 91.1 cm³/mol. The Morgan fingerprint density at radius 2 is 1.81 bits per heavy atom. The van der Waals surface area contributed by atoms with Crippen LogP contribution >= 0.6 is 22.9 Å². The molecule has 21 heavy (non-hydrogen) atoms. The van der Waals surface area contributed by atoms with Gasteiger partial charge in [-0.1, -0.05) is 11.6 Å². The van der Waals surface area contributed by atoms with Gasteiger partial charge in [-0.25, -0.2) is 0 Å². The number of thiophene rings is 1. The van der Waals surface area contributed by atoms with Crippen molar-refractivity contribution in [3.8, 4) is 0 Å². The maximum absolute atomic E-state index is 6.30. The number of rotatable bonds is 4. The minimum Gasteiger partial charge on any atom is -0.312 e. The van der Waals surface area contributed by atoms with Gasteiger partial charge in [0.2, 0.25) is 0 Å². The lowest BCUT2D eigenvalue weighted by atomic mass is 9.48. The molecule has 1 aromatic rings. The van der Waals surface area contributed by atoms with Crippen LogP contribution < -0.4 is 5.32 Å². The molecule has 4 bridgehead atoms. The average molecular weight is 324 g/mol. The standard InChI is InChI=1S/C18H26ClNS/c1-11-3-16(21-17(11)19)15(20-2)10-18-7-12-4-13(8-18)6-14(5-12)9-18/h3,12-15,20H,4-10H2,1-2H3. The Balaban J connectivity index is 1.56. The van der Waals surface area contributed by atoms with Gasteiger partial charge in [-0.3, -0.25) is 0 Å². The van der Waals surface area contributed by atoms with E-state index in [0.717, 1.165) is 22.1 Å². The van der Waals surface area contributed by atoms with Crippen LogP contribution in [0.15, 0.2) is 6.07 Å². The largest absolute Gasteiger partial charge is 0.312 e. The van der Waals surface area contributed by atoms with Gasteiger partial charge in [0, 0.05) is 10.9 Å². The molecule has 0 radical (unpaired) electrons. The van der Waals surface area contributed by atoms with Crippen molar-refractivity contribution in [1.82, 2.24) is 5.32 Å². The van der Waals surface area contributed by atoms with Crippen molar-refractivity contribution in [2.24, 2.45) is 23.2 Å². The zero-order valence-corrected chi connectivity index (χ0v) is 14.7. The smallest absolute Gasteiger partial charge is 0.0960 e. The first-order chi connectivity index (χ1) is 10.1. The molecule has 1 N–H and O–H groups in total. The number of halogens is 1. The summed E-state index contributed by atoms with van der Waals surface area (Å²) in [5, 5.41) is 3.59. The van der Waals surface area contributed by atoms with E-state index in [4.69, 9.17) is 11.6 Å². The molecule has 4 fully saturated rings. The molecule has 116 valence electrons. The Bertz CT molecular complexity index is 481. The highest BCUT2D eigenvalue weighted by Crippen LogP contribution is 2.62. The summed E-state index contributed by atoms with van der Waals surface area (Å²) in [7, 11) is 2.12. The van der Waals surface area contributed by atoms with Crippen molar-refractivity contribution in [1.29, 1.82) is 0 Å². The first-order valence-electron chi connectivity index (χ1n) is 8.50. The molecule has 1 nitrogen and oxygen atoms in total. The van der Waals surface area contributed by atoms with Crippen LogP contribution in [0.3, 0.4) is 0 Å². The van der Waals surface area contributed by atoms with Gasteiger partial charge >= 0.3 is 0 Å². The van der Waals surface area contributed by atoms with E-state index in [1.165, 1.54) is 55.4 Å². The fourth-order valence-electron chi connectivity index (χ4n) is 5.97. The van der Waals surface area contributed by atoms with Crippen molar-refractivity contribution in [2.75, 3.05) is 7.05 Å². The summed E-state index contributed by atoms with van der Waals surface area (Å²) in [6.45, 7) is 2.12. The van der Waals surface area contributed by atoms with Crippen molar-refractivity contribution < 1.29 is 0 Å². The number of aryl methyl sites for hydroxylation is 1. The molecule has 0 aromatic carbocycles. The average Bonchev–Trinajstić information content (AvgIpc) is 2.74. The second kappa shape index (κ2) is 5.25. The molecular formula is C18H26ClNS. The van der Waals surface area contributed by atoms with Crippen LogP contribution in [0.1, 0.15) is 61.4 Å². The Morgan fingerprint density at radius 3 is 2.24 bits per heavy atom. The van der Waals surface area contributed by atoms with E-state index in [2.05, 4.69) is 25.4 Å². The maximum Gasteiger partial charge on any atom is 0.0960 e. The van der Waals surface area contributed by atoms with Crippen molar-refractivity contribution in [3.63, 3.8) is 0 Å². The van der Waals surface area contributed by atoms with Gasteiger partial charge < -0.3 is 5.32 Å². The Labute approximate surface area is 137 Å². The van der Waals surface area contributed by atoms with Crippen LogP contribution in [0.25, 0.3) is 0 Å². The van der Waals surface area contributed by atoms with Crippen LogP contribution in [0.2, 0.25) is 4.34 Å². The van der Waals surface area contributed by atoms with E-state index in [1.807, 2.05) is 0 Å². The van der Waals surface area contributed by atoms with E-state index in [1.54, 1.807) is 11.3 Å². The molecule has 0 saturated heterocycles. The first-order valence-corrected chi connectivity index (χ1v) is 9.69. The Kier molecular flexibility index (Phi) is 3.63. The summed E-state index contributed by atoms with van der Waals surface area (Å²) in [4.78, 5) is 1.44. The van der Waals surface area contributed by atoms with E-state index in [-0.39, 0.29) is 0 Å². The summed E-state index contributed by atoms with van der Waals surface area (Å²) >= 11 is 8.08. The van der Waals surface area contributed by atoms with Gasteiger partial charge in [0.1, 0.15) is 0 Å². The third-order valence-electron chi connectivity index (χ3n) is 6.37. The van der Waals surface area contributed by atoms with Gasteiger partial charge in [-0.05, 0) is 93.7 Å². The summed E-state index contributed by atoms with van der Waals surface area (Å²) in [5.74, 6) is 3.13. The predicted octanol–water partition coefficient (Wildman–Crippen LogP) is 5.58. The van der Waals surface area contributed by atoms with Crippen LogP contribution in [0.4, 0.5) is 0 Å².